The highest BCUT2D eigenvalue weighted by Gasteiger charge is 2.54. The summed E-state index contributed by atoms with van der Waals surface area (Å²) in [6, 6.07) is 0. The molecule has 4 saturated carbocycles. The molecule has 0 aromatic heterocycles. The van der Waals surface area contributed by atoms with Crippen LogP contribution in [0.2, 0.25) is 0 Å². The van der Waals surface area contributed by atoms with Gasteiger partial charge in [-0.2, -0.15) is 0 Å². The Labute approximate surface area is 74.2 Å². The zero-order valence-electron chi connectivity index (χ0n) is 7.75. The fourth-order valence-corrected chi connectivity index (χ4v) is 4.40. The molecule has 4 aliphatic carbocycles. The number of hydrogen-bond donors (Lipinski definition) is 0. The molecule has 67 valence electrons. The van der Waals surface area contributed by atoms with Gasteiger partial charge in [-0.05, 0) is 55.3 Å². The summed E-state index contributed by atoms with van der Waals surface area (Å²) in [5.41, 5.74) is 0.203. The molecule has 0 saturated heterocycles. The molecule has 0 N–H and O–H groups in total. The highest BCUT2D eigenvalue weighted by Crippen LogP contribution is 2.59. The van der Waals surface area contributed by atoms with Gasteiger partial charge in [0.05, 0.1) is 0 Å². The second kappa shape index (κ2) is 2.06. The normalized spacial score (nSPS) is 62.5. The van der Waals surface area contributed by atoms with Crippen molar-refractivity contribution < 1.29 is 5.11 Å². The molecule has 12 heavy (non-hydrogen) atoms. The molecule has 3 unspecified atom stereocenters. The highest BCUT2D eigenvalue weighted by molar-refractivity contribution is 5.04. The molecule has 0 aliphatic heterocycles. The molecule has 0 heterocycles. The Balaban J connectivity index is 1.97. The lowest BCUT2D eigenvalue weighted by Gasteiger charge is -2.57. The standard InChI is InChI=1S/C11H17O/c1-11-5-7-2-8(6-11)4-9(3-7)10(11)12/h7-10H,2-6H2,1H3/t7-,8+,9?,10?,11?. The summed E-state index contributed by atoms with van der Waals surface area (Å²) < 4.78 is 0. The molecule has 4 rings (SSSR count). The Hall–Kier alpha value is -0.0400. The van der Waals surface area contributed by atoms with Crippen molar-refractivity contribution in [1.82, 2.24) is 0 Å². The van der Waals surface area contributed by atoms with Crippen molar-refractivity contribution in [2.24, 2.45) is 23.2 Å². The minimum absolute atomic E-state index is 0.203. The van der Waals surface area contributed by atoms with E-state index in [0.717, 1.165) is 11.8 Å². The lowest BCUT2D eigenvalue weighted by Crippen LogP contribution is -2.53. The van der Waals surface area contributed by atoms with Crippen molar-refractivity contribution in [3.05, 3.63) is 0 Å². The maximum atomic E-state index is 12.0. The van der Waals surface area contributed by atoms with Crippen molar-refractivity contribution in [2.75, 3.05) is 0 Å². The van der Waals surface area contributed by atoms with Gasteiger partial charge in [0.15, 0.2) is 0 Å². The molecule has 4 fully saturated rings. The number of rotatable bonds is 0. The summed E-state index contributed by atoms with van der Waals surface area (Å²) in [6.45, 7) is 2.25. The van der Waals surface area contributed by atoms with E-state index in [1.807, 2.05) is 0 Å². The third kappa shape index (κ3) is 0.783. The van der Waals surface area contributed by atoms with E-state index in [4.69, 9.17) is 0 Å². The summed E-state index contributed by atoms with van der Waals surface area (Å²) in [6.07, 6.45) is 6.24. The molecular formula is C11H17O. The first-order chi connectivity index (χ1) is 5.67. The first-order valence-electron chi connectivity index (χ1n) is 5.33. The first-order valence-corrected chi connectivity index (χ1v) is 5.33. The predicted molar refractivity (Wildman–Crippen MR) is 46.1 cm³/mol. The van der Waals surface area contributed by atoms with Gasteiger partial charge in [0.25, 0.3) is 0 Å². The van der Waals surface area contributed by atoms with Crippen LogP contribution in [0, 0.1) is 23.2 Å². The maximum Gasteiger partial charge on any atom is 0.101 e. The highest BCUT2D eigenvalue weighted by atomic mass is 16.3. The van der Waals surface area contributed by atoms with Crippen LogP contribution in [0.3, 0.4) is 0 Å². The van der Waals surface area contributed by atoms with Crippen LogP contribution in [0.4, 0.5) is 0 Å². The third-order valence-electron chi connectivity index (χ3n) is 4.56. The Morgan fingerprint density at radius 1 is 1.08 bits per heavy atom. The predicted octanol–water partition coefficient (Wildman–Crippen LogP) is 2.63. The second-order valence-corrected chi connectivity index (χ2v) is 5.68. The monoisotopic (exact) mass is 165 g/mol. The van der Waals surface area contributed by atoms with Crippen LogP contribution in [-0.4, -0.2) is 6.10 Å². The summed E-state index contributed by atoms with van der Waals surface area (Å²) in [5.74, 6) is 2.41. The fraction of sp³-hybridized carbons (Fsp3) is 1.00. The molecular weight excluding hydrogens is 148 g/mol. The molecule has 1 radical (unpaired) electrons. The third-order valence-corrected chi connectivity index (χ3v) is 4.56. The van der Waals surface area contributed by atoms with Crippen LogP contribution in [0.15, 0.2) is 0 Å². The first kappa shape index (κ1) is 7.37. The van der Waals surface area contributed by atoms with Gasteiger partial charge in [-0.1, -0.05) is 6.92 Å². The van der Waals surface area contributed by atoms with Crippen molar-refractivity contribution in [1.29, 1.82) is 0 Å². The van der Waals surface area contributed by atoms with Gasteiger partial charge in [0.1, 0.15) is 6.10 Å². The van der Waals surface area contributed by atoms with Gasteiger partial charge in [0.2, 0.25) is 0 Å². The molecule has 4 aliphatic rings. The summed E-state index contributed by atoms with van der Waals surface area (Å²) in [5, 5.41) is 12.0. The average molecular weight is 165 g/mol. The summed E-state index contributed by atoms with van der Waals surface area (Å²) >= 11 is 0. The lowest BCUT2D eigenvalue weighted by atomic mass is 9.49. The molecule has 1 heteroatoms. The van der Waals surface area contributed by atoms with Gasteiger partial charge in [0, 0.05) is 0 Å². The van der Waals surface area contributed by atoms with Gasteiger partial charge in [-0.3, -0.25) is 0 Å². The number of hydrogen-bond acceptors (Lipinski definition) is 0. The minimum Gasteiger partial charge on any atom is -0.232 e. The Morgan fingerprint density at radius 3 is 2.17 bits per heavy atom. The van der Waals surface area contributed by atoms with Gasteiger partial charge in [-0.25, -0.2) is 5.11 Å². The molecule has 0 amide bonds. The smallest absolute Gasteiger partial charge is 0.101 e. The second-order valence-electron chi connectivity index (χ2n) is 5.68. The zero-order valence-corrected chi connectivity index (χ0v) is 7.75. The molecule has 4 bridgehead atoms. The van der Waals surface area contributed by atoms with E-state index < -0.39 is 0 Å². The van der Waals surface area contributed by atoms with Crippen LogP contribution in [0.5, 0.6) is 0 Å². The fourth-order valence-electron chi connectivity index (χ4n) is 4.40. The van der Waals surface area contributed by atoms with Crippen LogP contribution < -0.4 is 0 Å². The van der Waals surface area contributed by atoms with E-state index in [1.54, 1.807) is 0 Å². The summed E-state index contributed by atoms with van der Waals surface area (Å²) in [4.78, 5) is 0. The van der Waals surface area contributed by atoms with Crippen LogP contribution in [0.25, 0.3) is 0 Å². The van der Waals surface area contributed by atoms with E-state index in [9.17, 15) is 5.11 Å². The molecule has 5 atom stereocenters. The Morgan fingerprint density at radius 2 is 1.67 bits per heavy atom. The quantitative estimate of drug-likeness (QED) is 0.526. The van der Waals surface area contributed by atoms with E-state index in [-0.39, 0.29) is 11.5 Å². The van der Waals surface area contributed by atoms with Crippen molar-refractivity contribution in [3.8, 4) is 0 Å². The van der Waals surface area contributed by atoms with Gasteiger partial charge < -0.3 is 0 Å². The van der Waals surface area contributed by atoms with Crippen molar-refractivity contribution >= 4 is 0 Å². The van der Waals surface area contributed by atoms with Crippen LogP contribution >= 0.6 is 0 Å². The topological polar surface area (TPSA) is 19.9 Å². The van der Waals surface area contributed by atoms with E-state index in [0.29, 0.717) is 5.92 Å². The maximum absolute atomic E-state index is 12.0. The van der Waals surface area contributed by atoms with Gasteiger partial charge in [-0.15, -0.1) is 0 Å². The van der Waals surface area contributed by atoms with Crippen LogP contribution in [0.1, 0.15) is 39.0 Å². The molecule has 0 aromatic carbocycles. The average Bonchev–Trinajstić information content (AvgIpc) is 1.98. The van der Waals surface area contributed by atoms with E-state index >= 15 is 0 Å². The lowest BCUT2D eigenvalue weighted by molar-refractivity contribution is -0.172. The van der Waals surface area contributed by atoms with E-state index in [1.165, 1.54) is 32.1 Å². The van der Waals surface area contributed by atoms with Crippen molar-refractivity contribution in [3.63, 3.8) is 0 Å². The van der Waals surface area contributed by atoms with Gasteiger partial charge >= 0.3 is 0 Å². The minimum atomic E-state index is -0.217. The molecule has 1 nitrogen and oxygen atoms in total. The van der Waals surface area contributed by atoms with E-state index in [2.05, 4.69) is 6.92 Å². The summed E-state index contributed by atoms with van der Waals surface area (Å²) in [7, 11) is 0. The Bertz CT molecular complexity index is 197. The molecule has 0 aromatic rings. The molecule has 0 spiro atoms. The zero-order chi connectivity index (χ0) is 8.34. The SMILES string of the molecule is CC12C[C@@H]3CC(C[C@@H](C3)C1)C2[O]. The Kier molecular flexibility index (Phi) is 1.27. The van der Waals surface area contributed by atoms with Crippen LogP contribution in [-0.2, 0) is 5.11 Å². The largest absolute Gasteiger partial charge is 0.232 e. The van der Waals surface area contributed by atoms with Crippen molar-refractivity contribution in [2.45, 2.75) is 45.1 Å².